The van der Waals surface area contributed by atoms with Gasteiger partial charge in [-0.1, -0.05) is 53.7 Å². The minimum Gasteiger partial charge on any atom is -0.340 e. The minimum absolute atomic E-state index is 0.0639. The summed E-state index contributed by atoms with van der Waals surface area (Å²) in [4.78, 5) is 18.6. The molecule has 5 nitrogen and oxygen atoms in total. The van der Waals surface area contributed by atoms with E-state index in [-0.39, 0.29) is 17.0 Å². The third-order valence-electron chi connectivity index (χ3n) is 4.10. The molecule has 3 rings (SSSR count). The first kappa shape index (κ1) is 19.1. The predicted octanol–water partition coefficient (Wildman–Crippen LogP) is 4.06. The van der Waals surface area contributed by atoms with Gasteiger partial charge in [-0.05, 0) is 31.5 Å². The van der Waals surface area contributed by atoms with Crippen LogP contribution in [0.3, 0.4) is 0 Å². The smallest absolute Gasteiger partial charge is 0.235 e. The van der Waals surface area contributed by atoms with Crippen LogP contribution >= 0.6 is 11.8 Å². The molecule has 27 heavy (non-hydrogen) atoms. The fourth-order valence-electron chi connectivity index (χ4n) is 2.65. The molecule has 1 amide bonds. The number of hydrogen-bond acceptors (Lipinski definition) is 4. The van der Waals surface area contributed by atoms with Crippen LogP contribution in [0.4, 0.5) is 4.39 Å². The molecule has 2 aromatic carbocycles. The van der Waals surface area contributed by atoms with E-state index in [1.807, 2.05) is 38.1 Å². The molecule has 0 radical (unpaired) electrons. The van der Waals surface area contributed by atoms with E-state index in [4.69, 9.17) is 0 Å². The van der Waals surface area contributed by atoms with Crippen molar-refractivity contribution in [2.24, 2.45) is 0 Å². The van der Waals surface area contributed by atoms with Gasteiger partial charge in [-0.15, -0.1) is 5.10 Å². The van der Waals surface area contributed by atoms with Crippen LogP contribution in [0.1, 0.15) is 18.1 Å². The Morgan fingerprint density at radius 1 is 1.26 bits per heavy atom. The molecule has 1 aromatic heterocycles. The highest BCUT2D eigenvalue weighted by Crippen LogP contribution is 2.24. The summed E-state index contributed by atoms with van der Waals surface area (Å²) < 4.78 is 13.3. The van der Waals surface area contributed by atoms with Crippen LogP contribution in [0.15, 0.2) is 53.7 Å². The highest BCUT2D eigenvalue weighted by Gasteiger charge is 2.21. The van der Waals surface area contributed by atoms with E-state index in [9.17, 15) is 9.18 Å². The van der Waals surface area contributed by atoms with Crippen molar-refractivity contribution in [1.29, 1.82) is 0 Å². The molecule has 3 aromatic rings. The van der Waals surface area contributed by atoms with Crippen molar-refractivity contribution in [1.82, 2.24) is 20.1 Å². The standard InChI is InChI=1S/C20H21FN4OS/c1-13-7-9-16(10-8-13)18-22-20(24-23-18)27-14(2)19(26)25(3)12-15-5-4-6-17(21)11-15/h4-11,14H,12H2,1-3H3,(H,22,23,24)/t14-/m1/s1. The van der Waals surface area contributed by atoms with E-state index in [1.165, 1.54) is 29.5 Å². The number of carbonyl (C=O) groups is 1. The van der Waals surface area contributed by atoms with E-state index in [0.29, 0.717) is 17.5 Å². The number of rotatable bonds is 6. The molecule has 0 aliphatic carbocycles. The quantitative estimate of drug-likeness (QED) is 0.651. The monoisotopic (exact) mass is 384 g/mol. The van der Waals surface area contributed by atoms with Crippen LogP contribution in [0.25, 0.3) is 11.4 Å². The summed E-state index contributed by atoms with van der Waals surface area (Å²) in [5.41, 5.74) is 2.87. The Kier molecular flexibility index (Phi) is 5.91. The number of aromatic nitrogens is 3. The van der Waals surface area contributed by atoms with Gasteiger partial charge in [0.1, 0.15) is 5.82 Å². The number of benzene rings is 2. The van der Waals surface area contributed by atoms with Gasteiger partial charge in [0, 0.05) is 19.2 Å². The fourth-order valence-corrected chi connectivity index (χ4v) is 3.48. The lowest BCUT2D eigenvalue weighted by Gasteiger charge is -2.20. The molecular weight excluding hydrogens is 363 g/mol. The highest BCUT2D eigenvalue weighted by atomic mass is 32.2. The summed E-state index contributed by atoms with van der Waals surface area (Å²) in [7, 11) is 1.71. The van der Waals surface area contributed by atoms with Gasteiger partial charge in [-0.25, -0.2) is 9.37 Å². The summed E-state index contributed by atoms with van der Waals surface area (Å²) in [5.74, 6) is 0.302. The Hall–Kier alpha value is -2.67. The number of aryl methyl sites for hydroxylation is 1. The maximum absolute atomic E-state index is 13.3. The molecule has 0 unspecified atom stereocenters. The van der Waals surface area contributed by atoms with Gasteiger partial charge >= 0.3 is 0 Å². The van der Waals surface area contributed by atoms with Gasteiger partial charge in [0.2, 0.25) is 11.1 Å². The molecule has 0 spiro atoms. The van der Waals surface area contributed by atoms with E-state index >= 15 is 0 Å². The Bertz CT molecular complexity index is 926. The molecule has 0 fully saturated rings. The topological polar surface area (TPSA) is 61.9 Å². The average molecular weight is 384 g/mol. The number of halogens is 1. The number of nitrogens with one attached hydrogen (secondary N) is 1. The second-order valence-corrected chi connectivity index (χ2v) is 7.72. The van der Waals surface area contributed by atoms with Gasteiger partial charge in [0.25, 0.3) is 0 Å². The summed E-state index contributed by atoms with van der Waals surface area (Å²) in [6.45, 7) is 4.19. The highest BCUT2D eigenvalue weighted by molar-refractivity contribution is 8.00. The number of aromatic amines is 1. The number of nitrogens with zero attached hydrogens (tertiary/aromatic N) is 3. The Labute approximate surface area is 162 Å². The molecule has 0 aliphatic rings. The second kappa shape index (κ2) is 8.35. The lowest BCUT2D eigenvalue weighted by Crippen LogP contribution is -2.32. The number of H-pyrrole nitrogens is 1. The zero-order valence-corrected chi connectivity index (χ0v) is 16.3. The van der Waals surface area contributed by atoms with E-state index < -0.39 is 0 Å². The Morgan fingerprint density at radius 3 is 2.70 bits per heavy atom. The molecule has 0 saturated carbocycles. The van der Waals surface area contributed by atoms with Crippen LogP contribution in [0, 0.1) is 12.7 Å². The molecule has 1 N–H and O–H groups in total. The SMILES string of the molecule is Cc1ccc(-c2nc(S[C@H](C)C(=O)N(C)Cc3cccc(F)c3)n[nH]2)cc1. The van der Waals surface area contributed by atoms with E-state index in [1.54, 1.807) is 24.1 Å². The molecule has 140 valence electrons. The van der Waals surface area contributed by atoms with E-state index in [2.05, 4.69) is 15.2 Å². The largest absolute Gasteiger partial charge is 0.340 e. The van der Waals surface area contributed by atoms with Crippen molar-refractivity contribution in [2.75, 3.05) is 7.05 Å². The molecule has 0 saturated heterocycles. The first-order valence-electron chi connectivity index (χ1n) is 8.58. The van der Waals surface area contributed by atoms with Crippen molar-refractivity contribution in [3.63, 3.8) is 0 Å². The molecular formula is C20H21FN4OS. The first-order chi connectivity index (χ1) is 12.9. The molecule has 0 aliphatic heterocycles. The van der Waals surface area contributed by atoms with Crippen molar-refractivity contribution in [2.45, 2.75) is 30.8 Å². The van der Waals surface area contributed by atoms with Crippen molar-refractivity contribution < 1.29 is 9.18 Å². The Morgan fingerprint density at radius 2 is 2.00 bits per heavy atom. The number of thioether (sulfide) groups is 1. The van der Waals surface area contributed by atoms with Crippen LogP contribution in [0.2, 0.25) is 0 Å². The average Bonchev–Trinajstić information content (AvgIpc) is 3.10. The third-order valence-corrected chi connectivity index (χ3v) is 5.05. The number of hydrogen-bond donors (Lipinski definition) is 1. The lowest BCUT2D eigenvalue weighted by molar-refractivity contribution is -0.129. The van der Waals surface area contributed by atoms with Gasteiger partial charge in [0.15, 0.2) is 5.82 Å². The fraction of sp³-hybridized carbons (Fsp3) is 0.250. The van der Waals surface area contributed by atoms with Gasteiger partial charge in [-0.3, -0.25) is 9.89 Å². The molecule has 1 atom stereocenters. The summed E-state index contributed by atoms with van der Waals surface area (Å²) in [6, 6.07) is 14.2. The molecule has 1 heterocycles. The van der Waals surface area contributed by atoms with Gasteiger partial charge in [0.05, 0.1) is 5.25 Å². The first-order valence-corrected chi connectivity index (χ1v) is 9.46. The second-order valence-electron chi connectivity index (χ2n) is 6.42. The van der Waals surface area contributed by atoms with Crippen LogP contribution < -0.4 is 0 Å². The molecule has 7 heteroatoms. The maximum atomic E-state index is 13.3. The van der Waals surface area contributed by atoms with Crippen LogP contribution in [-0.2, 0) is 11.3 Å². The number of carbonyl (C=O) groups excluding carboxylic acids is 1. The zero-order chi connectivity index (χ0) is 19.4. The van der Waals surface area contributed by atoms with Crippen LogP contribution in [0.5, 0.6) is 0 Å². The lowest BCUT2D eigenvalue weighted by atomic mass is 10.1. The Balaban J connectivity index is 1.61. The minimum atomic E-state index is -0.356. The number of amides is 1. The zero-order valence-electron chi connectivity index (χ0n) is 15.4. The van der Waals surface area contributed by atoms with Crippen molar-refractivity contribution in [3.8, 4) is 11.4 Å². The van der Waals surface area contributed by atoms with Crippen molar-refractivity contribution >= 4 is 17.7 Å². The normalized spacial score (nSPS) is 12.0. The van der Waals surface area contributed by atoms with Gasteiger partial charge < -0.3 is 4.90 Å². The van der Waals surface area contributed by atoms with E-state index in [0.717, 1.165) is 11.1 Å². The van der Waals surface area contributed by atoms with Crippen molar-refractivity contribution in [3.05, 3.63) is 65.5 Å². The summed E-state index contributed by atoms with van der Waals surface area (Å²) in [5, 5.41) is 7.27. The summed E-state index contributed by atoms with van der Waals surface area (Å²) >= 11 is 1.29. The van der Waals surface area contributed by atoms with Crippen LogP contribution in [-0.4, -0.2) is 38.3 Å². The maximum Gasteiger partial charge on any atom is 0.235 e. The van der Waals surface area contributed by atoms with Gasteiger partial charge in [-0.2, -0.15) is 0 Å². The third kappa shape index (κ3) is 4.95. The predicted molar refractivity (Wildman–Crippen MR) is 105 cm³/mol. The molecule has 0 bridgehead atoms. The summed E-state index contributed by atoms with van der Waals surface area (Å²) in [6.07, 6.45) is 0.